The van der Waals surface area contributed by atoms with Crippen LogP contribution in [0.25, 0.3) is 0 Å². The SMILES string of the molecule is NC(=O)COc1ccc(/C(N)=N/OC(=O)c2ccc(Br)cc2)cc1. The number of rotatable bonds is 6. The van der Waals surface area contributed by atoms with Crippen molar-refractivity contribution in [2.24, 2.45) is 16.6 Å². The van der Waals surface area contributed by atoms with Crippen LogP contribution < -0.4 is 16.2 Å². The van der Waals surface area contributed by atoms with E-state index in [9.17, 15) is 9.59 Å². The minimum atomic E-state index is -0.619. The van der Waals surface area contributed by atoms with Gasteiger partial charge < -0.3 is 21.0 Å². The van der Waals surface area contributed by atoms with E-state index in [4.69, 9.17) is 21.0 Å². The molecule has 0 bridgehead atoms. The molecule has 7 nitrogen and oxygen atoms in total. The Labute approximate surface area is 146 Å². The van der Waals surface area contributed by atoms with Crippen LogP contribution in [0.4, 0.5) is 0 Å². The highest BCUT2D eigenvalue weighted by Crippen LogP contribution is 2.13. The molecule has 0 fully saturated rings. The first-order valence-corrected chi connectivity index (χ1v) is 7.57. The number of carbonyl (C=O) groups excluding carboxylic acids is 2. The van der Waals surface area contributed by atoms with Crippen LogP contribution in [-0.4, -0.2) is 24.3 Å². The lowest BCUT2D eigenvalue weighted by Gasteiger charge is -2.05. The van der Waals surface area contributed by atoms with E-state index in [-0.39, 0.29) is 12.4 Å². The topological polar surface area (TPSA) is 117 Å². The number of hydrogen-bond donors (Lipinski definition) is 2. The van der Waals surface area contributed by atoms with Gasteiger partial charge in [-0.15, -0.1) is 0 Å². The molecule has 0 saturated heterocycles. The van der Waals surface area contributed by atoms with E-state index >= 15 is 0 Å². The average Bonchev–Trinajstić information content (AvgIpc) is 2.58. The summed E-state index contributed by atoms with van der Waals surface area (Å²) >= 11 is 3.28. The number of amides is 1. The smallest absolute Gasteiger partial charge is 0.365 e. The maximum absolute atomic E-state index is 11.8. The molecule has 0 unspecified atom stereocenters. The zero-order valence-corrected chi connectivity index (χ0v) is 14.0. The van der Waals surface area contributed by atoms with Crippen molar-refractivity contribution >= 4 is 33.6 Å². The summed E-state index contributed by atoms with van der Waals surface area (Å²) in [5, 5.41) is 3.62. The number of halogens is 1. The molecule has 8 heteroatoms. The predicted molar refractivity (Wildman–Crippen MR) is 91.4 cm³/mol. The molecule has 0 aliphatic carbocycles. The first-order valence-electron chi connectivity index (χ1n) is 6.77. The van der Waals surface area contributed by atoms with E-state index in [1.807, 2.05) is 0 Å². The van der Waals surface area contributed by atoms with Gasteiger partial charge in [0.05, 0.1) is 5.56 Å². The lowest BCUT2D eigenvalue weighted by molar-refractivity contribution is -0.119. The fraction of sp³-hybridized carbons (Fsp3) is 0.0625. The van der Waals surface area contributed by atoms with Gasteiger partial charge in [-0.3, -0.25) is 4.79 Å². The molecule has 0 aliphatic heterocycles. The van der Waals surface area contributed by atoms with Gasteiger partial charge in [0.25, 0.3) is 5.91 Å². The molecule has 4 N–H and O–H groups in total. The Morgan fingerprint density at radius 2 is 1.54 bits per heavy atom. The third kappa shape index (κ3) is 5.10. The van der Waals surface area contributed by atoms with Crippen molar-refractivity contribution in [3.05, 3.63) is 64.1 Å². The van der Waals surface area contributed by atoms with E-state index in [0.717, 1.165) is 4.47 Å². The second kappa shape index (κ2) is 8.11. The van der Waals surface area contributed by atoms with E-state index < -0.39 is 11.9 Å². The van der Waals surface area contributed by atoms with Crippen molar-refractivity contribution in [2.45, 2.75) is 0 Å². The lowest BCUT2D eigenvalue weighted by atomic mass is 10.2. The van der Waals surface area contributed by atoms with E-state index in [0.29, 0.717) is 16.9 Å². The summed E-state index contributed by atoms with van der Waals surface area (Å²) in [6, 6.07) is 13.1. The van der Waals surface area contributed by atoms with Crippen molar-refractivity contribution < 1.29 is 19.2 Å². The zero-order chi connectivity index (χ0) is 17.5. The molecule has 0 aromatic heterocycles. The summed E-state index contributed by atoms with van der Waals surface area (Å²) < 4.78 is 5.97. The van der Waals surface area contributed by atoms with Crippen LogP contribution in [0.1, 0.15) is 15.9 Å². The first-order chi connectivity index (χ1) is 11.5. The van der Waals surface area contributed by atoms with Crippen LogP contribution in [0.5, 0.6) is 5.75 Å². The normalized spacial score (nSPS) is 11.0. The molecule has 0 aliphatic rings. The number of carbonyl (C=O) groups is 2. The third-order valence-corrected chi connectivity index (χ3v) is 3.37. The van der Waals surface area contributed by atoms with Crippen LogP contribution in [0.2, 0.25) is 0 Å². The number of primary amides is 1. The van der Waals surface area contributed by atoms with Gasteiger partial charge in [-0.25, -0.2) is 4.79 Å². The maximum Gasteiger partial charge on any atom is 0.365 e. The largest absolute Gasteiger partial charge is 0.484 e. The first kappa shape index (κ1) is 17.5. The van der Waals surface area contributed by atoms with Crippen LogP contribution in [-0.2, 0) is 9.63 Å². The van der Waals surface area contributed by atoms with Gasteiger partial charge in [0.2, 0.25) is 0 Å². The van der Waals surface area contributed by atoms with Crippen LogP contribution in [0.15, 0.2) is 58.2 Å². The van der Waals surface area contributed by atoms with Crippen LogP contribution in [0.3, 0.4) is 0 Å². The van der Waals surface area contributed by atoms with Crippen LogP contribution in [0, 0.1) is 0 Å². The molecule has 2 aromatic rings. The van der Waals surface area contributed by atoms with Crippen LogP contribution >= 0.6 is 15.9 Å². The minimum Gasteiger partial charge on any atom is -0.484 e. The molecular weight excluding hydrogens is 378 g/mol. The van der Waals surface area contributed by atoms with Crippen molar-refractivity contribution in [1.29, 1.82) is 0 Å². The summed E-state index contributed by atoms with van der Waals surface area (Å²) in [6.45, 7) is -0.215. The minimum absolute atomic E-state index is 0.0295. The Morgan fingerprint density at radius 1 is 0.958 bits per heavy atom. The Hall–Kier alpha value is -2.87. The molecular formula is C16H14BrN3O4. The fourth-order valence-electron chi connectivity index (χ4n) is 1.66. The number of ether oxygens (including phenoxy) is 1. The standard InChI is InChI=1S/C16H14BrN3O4/c17-12-5-1-11(2-6-12)16(22)24-20-15(19)10-3-7-13(8-4-10)23-9-14(18)21/h1-8H,9H2,(H2,18,21)(H2,19,20). The average molecular weight is 392 g/mol. The lowest BCUT2D eigenvalue weighted by Crippen LogP contribution is -2.20. The molecule has 0 spiro atoms. The van der Waals surface area contributed by atoms with Gasteiger partial charge in [-0.1, -0.05) is 21.1 Å². The molecule has 0 atom stereocenters. The Bertz CT molecular complexity index is 758. The van der Waals surface area contributed by atoms with Gasteiger partial charge in [0.15, 0.2) is 12.4 Å². The second-order valence-corrected chi connectivity index (χ2v) is 5.56. The molecule has 0 radical (unpaired) electrons. The molecule has 24 heavy (non-hydrogen) atoms. The number of amidine groups is 1. The Balaban J connectivity index is 1.98. The third-order valence-electron chi connectivity index (χ3n) is 2.84. The van der Waals surface area contributed by atoms with Gasteiger partial charge in [-0.2, -0.15) is 0 Å². The molecule has 2 aromatic carbocycles. The fourth-order valence-corrected chi connectivity index (χ4v) is 1.92. The van der Waals surface area contributed by atoms with Gasteiger partial charge in [0.1, 0.15) is 5.75 Å². The number of hydrogen-bond acceptors (Lipinski definition) is 5. The highest BCUT2D eigenvalue weighted by atomic mass is 79.9. The zero-order valence-electron chi connectivity index (χ0n) is 12.4. The quantitative estimate of drug-likeness (QED) is 0.337. The summed E-state index contributed by atoms with van der Waals surface area (Å²) in [5.41, 5.74) is 11.6. The van der Waals surface area contributed by atoms with Crippen molar-refractivity contribution in [2.75, 3.05) is 6.61 Å². The van der Waals surface area contributed by atoms with Gasteiger partial charge in [0, 0.05) is 10.0 Å². The highest BCUT2D eigenvalue weighted by Gasteiger charge is 2.08. The van der Waals surface area contributed by atoms with Crippen molar-refractivity contribution in [3.63, 3.8) is 0 Å². The molecule has 1 amide bonds. The number of benzene rings is 2. The summed E-state index contributed by atoms with van der Waals surface area (Å²) in [7, 11) is 0. The molecule has 0 heterocycles. The molecule has 0 saturated carbocycles. The van der Waals surface area contributed by atoms with Crippen molar-refractivity contribution in [1.82, 2.24) is 0 Å². The molecule has 124 valence electrons. The monoisotopic (exact) mass is 391 g/mol. The maximum atomic E-state index is 11.8. The van der Waals surface area contributed by atoms with E-state index in [2.05, 4.69) is 21.1 Å². The Kier molecular flexibility index (Phi) is 5.91. The number of oxime groups is 1. The second-order valence-electron chi connectivity index (χ2n) is 4.64. The van der Waals surface area contributed by atoms with E-state index in [1.54, 1.807) is 48.5 Å². The summed E-state index contributed by atoms with van der Waals surface area (Å²) in [5.74, 6) is -0.703. The summed E-state index contributed by atoms with van der Waals surface area (Å²) in [6.07, 6.45) is 0. The van der Waals surface area contributed by atoms with Gasteiger partial charge in [-0.05, 0) is 48.5 Å². The number of nitrogens with zero attached hydrogens (tertiary/aromatic N) is 1. The Morgan fingerprint density at radius 3 is 2.12 bits per heavy atom. The molecule has 2 rings (SSSR count). The summed E-state index contributed by atoms with van der Waals surface area (Å²) in [4.78, 5) is 27.3. The van der Waals surface area contributed by atoms with Gasteiger partial charge >= 0.3 is 5.97 Å². The highest BCUT2D eigenvalue weighted by molar-refractivity contribution is 9.10. The van der Waals surface area contributed by atoms with Crippen molar-refractivity contribution in [3.8, 4) is 5.75 Å². The van der Waals surface area contributed by atoms with E-state index in [1.165, 1.54) is 0 Å². The number of nitrogens with two attached hydrogens (primary N) is 2. The predicted octanol–water partition coefficient (Wildman–Crippen LogP) is 1.79.